The number of benzene rings is 2. The summed E-state index contributed by atoms with van der Waals surface area (Å²) in [7, 11) is 1.40. The standard InChI is InChI=1S/C24H22N4O4S/c1-13-10-20(33-12-13)14(2)28-21(29)16-6-4-5-7-17(16)24(28,32)15-8-9-18-19(11-15)26-22(25-18)27(3)23(30)31/h4-12,14,32H,1-3H3,(H,25,26)(H,30,31). The van der Waals surface area contributed by atoms with Gasteiger partial charge in [0.05, 0.1) is 17.1 Å². The number of carbonyl (C=O) groups excluding carboxylic acids is 1. The van der Waals surface area contributed by atoms with Crippen molar-refractivity contribution in [3.05, 3.63) is 81.0 Å². The number of thiophene rings is 1. The molecular formula is C24H22N4O4S. The summed E-state index contributed by atoms with van der Waals surface area (Å²) < 4.78 is 0. The number of nitrogens with one attached hydrogen (secondary N) is 1. The number of carbonyl (C=O) groups is 2. The van der Waals surface area contributed by atoms with Gasteiger partial charge in [-0.1, -0.05) is 24.3 Å². The third kappa shape index (κ3) is 3.12. The van der Waals surface area contributed by atoms with Gasteiger partial charge in [-0.2, -0.15) is 0 Å². The summed E-state index contributed by atoms with van der Waals surface area (Å²) in [6.45, 7) is 3.91. The Morgan fingerprint density at radius 1 is 1.24 bits per heavy atom. The average molecular weight is 463 g/mol. The van der Waals surface area contributed by atoms with E-state index >= 15 is 0 Å². The zero-order chi connectivity index (χ0) is 23.5. The molecule has 4 aromatic rings. The molecule has 3 heterocycles. The second-order valence-electron chi connectivity index (χ2n) is 8.23. The summed E-state index contributed by atoms with van der Waals surface area (Å²) in [5, 5.41) is 23.5. The Morgan fingerprint density at radius 3 is 2.70 bits per heavy atom. The monoisotopic (exact) mass is 462 g/mol. The number of rotatable bonds is 4. The number of imidazole rings is 1. The lowest BCUT2D eigenvalue weighted by atomic mass is 9.92. The number of nitrogens with zero attached hydrogens (tertiary/aromatic N) is 3. The Labute approximate surface area is 193 Å². The summed E-state index contributed by atoms with van der Waals surface area (Å²) in [6.07, 6.45) is -1.14. The van der Waals surface area contributed by atoms with Crippen LogP contribution in [0, 0.1) is 6.92 Å². The summed E-state index contributed by atoms with van der Waals surface area (Å²) in [6, 6.07) is 13.9. The van der Waals surface area contributed by atoms with Crippen LogP contribution in [-0.4, -0.2) is 44.1 Å². The van der Waals surface area contributed by atoms with E-state index in [0.717, 1.165) is 15.3 Å². The van der Waals surface area contributed by atoms with Crippen molar-refractivity contribution < 1.29 is 19.8 Å². The third-order valence-electron chi connectivity index (χ3n) is 6.13. The largest absolute Gasteiger partial charge is 0.465 e. The number of hydrogen-bond donors (Lipinski definition) is 3. The zero-order valence-electron chi connectivity index (χ0n) is 18.2. The lowest BCUT2D eigenvalue weighted by Crippen LogP contribution is -2.45. The molecule has 2 amide bonds. The number of hydrogen-bond acceptors (Lipinski definition) is 5. The number of aromatic nitrogens is 2. The highest BCUT2D eigenvalue weighted by atomic mass is 32.1. The summed E-state index contributed by atoms with van der Waals surface area (Å²) in [5.74, 6) is -0.0797. The molecule has 0 saturated carbocycles. The fraction of sp³-hybridized carbons (Fsp3) is 0.208. The van der Waals surface area contributed by atoms with Gasteiger partial charge >= 0.3 is 6.09 Å². The lowest BCUT2D eigenvalue weighted by molar-refractivity contribution is -0.0671. The molecule has 1 aliphatic heterocycles. The van der Waals surface area contributed by atoms with Gasteiger partial charge in [0, 0.05) is 28.6 Å². The predicted octanol–water partition coefficient (Wildman–Crippen LogP) is 4.46. The highest BCUT2D eigenvalue weighted by Gasteiger charge is 2.52. The van der Waals surface area contributed by atoms with Crippen LogP contribution in [0.15, 0.2) is 53.9 Å². The first-order chi connectivity index (χ1) is 15.7. The first-order valence-electron chi connectivity index (χ1n) is 10.4. The number of carboxylic acid groups (broad SMARTS) is 1. The van der Waals surface area contributed by atoms with E-state index < -0.39 is 11.8 Å². The molecule has 2 unspecified atom stereocenters. The molecule has 0 fully saturated rings. The fourth-order valence-electron chi connectivity index (χ4n) is 4.39. The molecule has 0 saturated heterocycles. The van der Waals surface area contributed by atoms with Crippen LogP contribution in [-0.2, 0) is 5.72 Å². The van der Waals surface area contributed by atoms with E-state index in [1.807, 2.05) is 25.3 Å². The minimum Gasteiger partial charge on any atom is -0.465 e. The van der Waals surface area contributed by atoms with Crippen molar-refractivity contribution in [3.8, 4) is 0 Å². The molecule has 33 heavy (non-hydrogen) atoms. The molecule has 3 N–H and O–H groups in total. The molecule has 168 valence electrons. The van der Waals surface area contributed by atoms with Crippen LogP contribution < -0.4 is 4.90 Å². The Balaban J connectivity index is 1.68. The van der Waals surface area contributed by atoms with Crippen LogP contribution in [0.3, 0.4) is 0 Å². The quantitative estimate of drug-likeness (QED) is 0.415. The average Bonchev–Trinajstić information content (AvgIpc) is 3.48. The van der Waals surface area contributed by atoms with Gasteiger partial charge in [-0.25, -0.2) is 9.78 Å². The van der Waals surface area contributed by atoms with E-state index in [0.29, 0.717) is 27.7 Å². The van der Waals surface area contributed by atoms with E-state index in [9.17, 15) is 19.8 Å². The van der Waals surface area contributed by atoms with Crippen LogP contribution in [0.5, 0.6) is 0 Å². The molecular weight excluding hydrogens is 440 g/mol. The maximum absolute atomic E-state index is 13.5. The normalized spacial score (nSPS) is 18.5. The van der Waals surface area contributed by atoms with Gasteiger partial charge in [-0.15, -0.1) is 11.3 Å². The number of amides is 2. The van der Waals surface area contributed by atoms with Crippen LogP contribution in [0.4, 0.5) is 10.7 Å². The Bertz CT molecular complexity index is 1410. The fourth-order valence-corrected chi connectivity index (χ4v) is 5.34. The SMILES string of the molecule is Cc1csc(C(C)N2C(=O)c3ccccc3C2(O)c2ccc3[nH]c(N(C)C(=O)O)nc3c2)c1. The number of anilines is 1. The lowest BCUT2D eigenvalue weighted by Gasteiger charge is -2.38. The Kier molecular flexibility index (Phi) is 4.77. The first kappa shape index (κ1) is 21.2. The number of fused-ring (bicyclic) bond motifs is 2. The van der Waals surface area contributed by atoms with E-state index in [1.54, 1.807) is 53.8 Å². The minimum atomic E-state index is -1.71. The highest BCUT2D eigenvalue weighted by molar-refractivity contribution is 7.10. The van der Waals surface area contributed by atoms with Crippen molar-refractivity contribution in [2.45, 2.75) is 25.6 Å². The van der Waals surface area contributed by atoms with Gasteiger partial charge in [-0.05, 0) is 49.1 Å². The summed E-state index contributed by atoms with van der Waals surface area (Å²) in [5.41, 5.74) is 1.93. The molecule has 2 aromatic heterocycles. The predicted molar refractivity (Wildman–Crippen MR) is 126 cm³/mol. The number of aryl methyl sites for hydroxylation is 1. The van der Waals surface area contributed by atoms with Crippen molar-refractivity contribution >= 4 is 40.3 Å². The molecule has 0 bridgehead atoms. The second-order valence-corrected chi connectivity index (χ2v) is 9.17. The third-order valence-corrected chi connectivity index (χ3v) is 7.35. The van der Waals surface area contributed by atoms with E-state index in [2.05, 4.69) is 9.97 Å². The molecule has 5 rings (SSSR count). The summed E-state index contributed by atoms with van der Waals surface area (Å²) >= 11 is 1.55. The number of aliphatic hydroxyl groups is 1. The van der Waals surface area contributed by atoms with E-state index in [1.165, 1.54) is 11.9 Å². The van der Waals surface area contributed by atoms with E-state index in [-0.39, 0.29) is 17.9 Å². The van der Waals surface area contributed by atoms with Gasteiger partial charge < -0.3 is 15.2 Å². The first-order valence-corrected chi connectivity index (χ1v) is 11.3. The molecule has 2 atom stereocenters. The smallest absolute Gasteiger partial charge is 0.413 e. The van der Waals surface area contributed by atoms with Crippen LogP contribution in [0.25, 0.3) is 11.0 Å². The van der Waals surface area contributed by atoms with E-state index in [4.69, 9.17) is 0 Å². The number of aromatic amines is 1. The Hall–Kier alpha value is -3.69. The molecule has 0 radical (unpaired) electrons. The summed E-state index contributed by atoms with van der Waals surface area (Å²) in [4.78, 5) is 35.6. The maximum Gasteiger partial charge on any atom is 0.413 e. The van der Waals surface area contributed by atoms with Crippen LogP contribution in [0.2, 0.25) is 0 Å². The van der Waals surface area contributed by atoms with Crippen molar-refractivity contribution in [1.29, 1.82) is 0 Å². The topological polar surface area (TPSA) is 110 Å². The van der Waals surface area contributed by atoms with Crippen LogP contribution >= 0.6 is 11.3 Å². The van der Waals surface area contributed by atoms with Crippen molar-refractivity contribution in [2.75, 3.05) is 11.9 Å². The Morgan fingerprint density at radius 2 is 2.00 bits per heavy atom. The molecule has 1 aliphatic rings. The number of H-pyrrole nitrogens is 1. The molecule has 0 spiro atoms. The second kappa shape index (κ2) is 7.43. The maximum atomic E-state index is 13.5. The molecule has 2 aromatic carbocycles. The van der Waals surface area contributed by atoms with Gasteiger partial charge in [0.25, 0.3) is 5.91 Å². The van der Waals surface area contributed by atoms with Crippen molar-refractivity contribution in [3.63, 3.8) is 0 Å². The zero-order valence-corrected chi connectivity index (χ0v) is 19.1. The van der Waals surface area contributed by atoms with Crippen molar-refractivity contribution in [1.82, 2.24) is 14.9 Å². The minimum absolute atomic E-state index is 0.170. The van der Waals surface area contributed by atoms with Gasteiger partial charge in [0.2, 0.25) is 5.95 Å². The van der Waals surface area contributed by atoms with Crippen LogP contribution in [0.1, 0.15) is 44.9 Å². The van der Waals surface area contributed by atoms with Gasteiger partial charge in [0.1, 0.15) is 0 Å². The van der Waals surface area contributed by atoms with Crippen molar-refractivity contribution in [2.24, 2.45) is 0 Å². The van der Waals surface area contributed by atoms with Gasteiger partial charge in [-0.3, -0.25) is 14.6 Å². The molecule has 0 aliphatic carbocycles. The van der Waals surface area contributed by atoms with Gasteiger partial charge in [0.15, 0.2) is 5.72 Å². The molecule has 8 nitrogen and oxygen atoms in total. The highest BCUT2D eigenvalue weighted by Crippen LogP contribution is 2.47. The molecule has 9 heteroatoms.